The fourth-order valence-corrected chi connectivity index (χ4v) is 7.88. The van der Waals surface area contributed by atoms with E-state index in [1.54, 1.807) is 0 Å². The van der Waals surface area contributed by atoms with E-state index in [2.05, 4.69) is 105 Å². The van der Waals surface area contributed by atoms with Gasteiger partial charge in [-0.15, -0.1) is 0 Å². The first-order chi connectivity index (χ1) is 25.5. The van der Waals surface area contributed by atoms with Gasteiger partial charge in [0.25, 0.3) is 0 Å². The number of aromatic nitrogens is 3. The normalized spacial score (nSPS) is 13.0. The van der Waals surface area contributed by atoms with E-state index in [9.17, 15) is 0 Å². The molecule has 2 aromatic heterocycles. The zero-order valence-corrected chi connectivity index (χ0v) is 28.8. The molecule has 0 N–H and O–H groups in total. The van der Waals surface area contributed by atoms with Crippen LogP contribution >= 0.6 is 0 Å². The summed E-state index contributed by atoms with van der Waals surface area (Å²) >= 11 is 0. The van der Waals surface area contributed by atoms with Crippen molar-refractivity contribution in [1.82, 2.24) is 15.0 Å². The zero-order chi connectivity index (χ0) is 34.8. The standard InChI is InChI=1S/C48H33N3O/c1-48(2)40-21-10-9-19-36(40)37-25-23-35(29-41(37)48)33-18-11-17-32(27-33)34-24-26-42-39(28-34)44-38(20-12-22-43(44)52-42)47-50-45(30-13-5-3-6-14-30)49-46(51-47)31-15-7-4-8-16-31/h3-29H,1-2H3. The molecule has 4 nitrogen and oxygen atoms in total. The molecule has 0 radical (unpaired) electrons. The van der Waals surface area contributed by atoms with Crippen molar-refractivity contribution < 1.29 is 4.42 Å². The van der Waals surface area contributed by atoms with E-state index >= 15 is 0 Å². The smallest absolute Gasteiger partial charge is 0.164 e. The molecular formula is C48H33N3O. The van der Waals surface area contributed by atoms with Crippen LogP contribution < -0.4 is 0 Å². The van der Waals surface area contributed by atoms with Crippen LogP contribution in [0.2, 0.25) is 0 Å². The van der Waals surface area contributed by atoms with Crippen molar-refractivity contribution in [2.24, 2.45) is 0 Å². The summed E-state index contributed by atoms with van der Waals surface area (Å²) in [7, 11) is 0. The van der Waals surface area contributed by atoms with E-state index in [0.717, 1.165) is 49.8 Å². The van der Waals surface area contributed by atoms with Crippen LogP contribution in [0.4, 0.5) is 0 Å². The highest BCUT2D eigenvalue weighted by Crippen LogP contribution is 2.49. The highest BCUT2D eigenvalue weighted by atomic mass is 16.3. The second-order valence-electron chi connectivity index (χ2n) is 14.0. The van der Waals surface area contributed by atoms with Crippen LogP contribution in [-0.2, 0) is 5.41 Å². The topological polar surface area (TPSA) is 51.8 Å². The fourth-order valence-electron chi connectivity index (χ4n) is 7.88. The average molecular weight is 668 g/mol. The number of rotatable bonds is 5. The van der Waals surface area contributed by atoms with Crippen LogP contribution in [0.3, 0.4) is 0 Å². The third kappa shape index (κ3) is 4.87. The van der Waals surface area contributed by atoms with Gasteiger partial charge < -0.3 is 4.42 Å². The molecule has 4 heteroatoms. The number of nitrogens with zero attached hydrogens (tertiary/aromatic N) is 3. The van der Waals surface area contributed by atoms with Crippen molar-refractivity contribution in [3.8, 4) is 67.5 Å². The summed E-state index contributed by atoms with van der Waals surface area (Å²) in [6.07, 6.45) is 0. The summed E-state index contributed by atoms with van der Waals surface area (Å²) in [5.41, 5.74) is 14.5. The van der Waals surface area contributed by atoms with E-state index in [4.69, 9.17) is 19.4 Å². The molecule has 0 saturated heterocycles. The lowest BCUT2D eigenvalue weighted by atomic mass is 9.81. The lowest BCUT2D eigenvalue weighted by Gasteiger charge is -2.22. The third-order valence-corrected chi connectivity index (χ3v) is 10.5. The van der Waals surface area contributed by atoms with E-state index in [1.807, 2.05) is 72.8 Å². The Labute approximate surface area is 302 Å². The molecular weight excluding hydrogens is 635 g/mol. The van der Waals surface area contributed by atoms with Crippen LogP contribution in [0.1, 0.15) is 25.0 Å². The van der Waals surface area contributed by atoms with Gasteiger partial charge in [0.15, 0.2) is 17.5 Å². The summed E-state index contributed by atoms with van der Waals surface area (Å²) in [5, 5.41) is 2.01. The second-order valence-corrected chi connectivity index (χ2v) is 14.0. The van der Waals surface area contributed by atoms with Gasteiger partial charge in [-0.25, -0.2) is 15.0 Å². The van der Waals surface area contributed by atoms with Gasteiger partial charge in [0.2, 0.25) is 0 Å². The quantitative estimate of drug-likeness (QED) is 0.183. The molecule has 7 aromatic carbocycles. The predicted octanol–water partition coefficient (Wildman–Crippen LogP) is 12.4. The molecule has 9 aromatic rings. The molecule has 52 heavy (non-hydrogen) atoms. The van der Waals surface area contributed by atoms with Crippen molar-refractivity contribution in [2.45, 2.75) is 19.3 Å². The van der Waals surface area contributed by atoms with Gasteiger partial charge >= 0.3 is 0 Å². The summed E-state index contributed by atoms with van der Waals surface area (Å²) in [4.78, 5) is 15.0. The molecule has 0 unspecified atom stereocenters. The number of benzene rings is 7. The molecule has 0 fully saturated rings. The van der Waals surface area contributed by atoms with E-state index in [1.165, 1.54) is 33.4 Å². The lowest BCUT2D eigenvalue weighted by molar-refractivity contribution is 0.660. The van der Waals surface area contributed by atoms with Crippen molar-refractivity contribution >= 4 is 21.9 Å². The zero-order valence-electron chi connectivity index (χ0n) is 28.8. The maximum atomic E-state index is 6.45. The first-order valence-electron chi connectivity index (χ1n) is 17.7. The van der Waals surface area contributed by atoms with Crippen molar-refractivity contribution in [3.05, 3.63) is 175 Å². The molecule has 0 spiro atoms. The molecule has 0 amide bonds. The first-order valence-corrected chi connectivity index (χ1v) is 17.7. The minimum atomic E-state index is -0.0487. The monoisotopic (exact) mass is 667 g/mol. The summed E-state index contributed by atoms with van der Waals surface area (Å²) < 4.78 is 6.45. The second kappa shape index (κ2) is 11.7. The van der Waals surface area contributed by atoms with Gasteiger partial charge in [0, 0.05) is 32.9 Å². The maximum absolute atomic E-state index is 6.45. The molecule has 0 aliphatic heterocycles. The average Bonchev–Trinajstić information content (AvgIpc) is 3.70. The Balaban J connectivity index is 1.09. The Bertz CT molecular complexity index is 2760. The van der Waals surface area contributed by atoms with E-state index < -0.39 is 0 Å². The maximum Gasteiger partial charge on any atom is 0.164 e. The number of furan rings is 1. The van der Waals surface area contributed by atoms with Crippen LogP contribution in [0.5, 0.6) is 0 Å². The lowest BCUT2D eigenvalue weighted by Crippen LogP contribution is -2.14. The Morgan fingerprint density at radius 1 is 0.385 bits per heavy atom. The Kier molecular flexibility index (Phi) is 6.80. The highest BCUT2D eigenvalue weighted by Gasteiger charge is 2.35. The summed E-state index contributed by atoms with van der Waals surface area (Å²) in [5.74, 6) is 1.87. The van der Waals surface area contributed by atoms with Crippen molar-refractivity contribution in [3.63, 3.8) is 0 Å². The van der Waals surface area contributed by atoms with Crippen LogP contribution in [-0.4, -0.2) is 15.0 Å². The molecule has 246 valence electrons. The third-order valence-electron chi connectivity index (χ3n) is 10.5. The van der Waals surface area contributed by atoms with Gasteiger partial charge in [-0.2, -0.15) is 0 Å². The molecule has 0 atom stereocenters. The van der Waals surface area contributed by atoms with Crippen molar-refractivity contribution in [2.75, 3.05) is 0 Å². The molecule has 10 rings (SSSR count). The number of hydrogen-bond acceptors (Lipinski definition) is 4. The highest BCUT2D eigenvalue weighted by molar-refractivity contribution is 6.12. The van der Waals surface area contributed by atoms with Gasteiger partial charge in [-0.1, -0.05) is 147 Å². The van der Waals surface area contributed by atoms with Gasteiger partial charge in [0.05, 0.1) is 0 Å². The SMILES string of the molecule is CC1(C)c2ccccc2-c2ccc(-c3cccc(-c4ccc5oc6cccc(-c7nc(-c8ccccc8)nc(-c8ccccc8)n7)c6c5c4)c3)cc21. The van der Waals surface area contributed by atoms with E-state index in [-0.39, 0.29) is 5.41 Å². The Hall–Kier alpha value is -6.65. The Morgan fingerprint density at radius 2 is 0.923 bits per heavy atom. The molecule has 0 bridgehead atoms. The summed E-state index contributed by atoms with van der Waals surface area (Å²) in [6, 6.07) is 57.3. The minimum Gasteiger partial charge on any atom is -0.456 e. The number of hydrogen-bond donors (Lipinski definition) is 0. The van der Waals surface area contributed by atoms with Crippen LogP contribution in [0.25, 0.3) is 89.5 Å². The molecule has 1 aliphatic rings. The van der Waals surface area contributed by atoms with Crippen LogP contribution in [0.15, 0.2) is 168 Å². The van der Waals surface area contributed by atoms with Gasteiger partial charge in [-0.05, 0) is 74.8 Å². The Morgan fingerprint density at radius 3 is 1.65 bits per heavy atom. The molecule has 2 heterocycles. The largest absolute Gasteiger partial charge is 0.456 e. The first kappa shape index (κ1) is 30.2. The van der Waals surface area contributed by atoms with Gasteiger partial charge in [0.1, 0.15) is 11.2 Å². The number of fused-ring (bicyclic) bond motifs is 6. The molecule has 1 aliphatic carbocycles. The summed E-state index contributed by atoms with van der Waals surface area (Å²) in [6.45, 7) is 4.66. The van der Waals surface area contributed by atoms with Gasteiger partial charge in [-0.3, -0.25) is 0 Å². The van der Waals surface area contributed by atoms with Crippen LogP contribution in [0, 0.1) is 0 Å². The minimum absolute atomic E-state index is 0.0487. The van der Waals surface area contributed by atoms with Crippen molar-refractivity contribution in [1.29, 1.82) is 0 Å². The molecule has 0 saturated carbocycles. The predicted molar refractivity (Wildman–Crippen MR) is 212 cm³/mol. The van der Waals surface area contributed by atoms with E-state index in [0.29, 0.717) is 17.5 Å². The fraction of sp³-hybridized carbons (Fsp3) is 0.0625.